The summed E-state index contributed by atoms with van der Waals surface area (Å²) in [5.41, 5.74) is 2.94. The maximum absolute atomic E-state index is 10.3. The lowest BCUT2D eigenvalue weighted by molar-refractivity contribution is -0.306. The summed E-state index contributed by atoms with van der Waals surface area (Å²) >= 11 is 0. The molecule has 1 heterocycles. The molecule has 3 unspecified atom stereocenters. The van der Waals surface area contributed by atoms with Crippen LogP contribution in [-0.4, -0.2) is 91.4 Å². The molecular weight excluding hydrogens is 372 g/mol. The largest absolute Gasteiger partial charge is 0.509 e. The Morgan fingerprint density at radius 3 is 2.32 bits per heavy atom. The van der Waals surface area contributed by atoms with Crippen LogP contribution in [-0.2, 0) is 9.47 Å². The number of allylic oxidation sites excluding steroid dienone is 1. The lowest BCUT2D eigenvalue weighted by atomic mass is 9.69. The van der Waals surface area contributed by atoms with E-state index in [1.54, 1.807) is 27.7 Å². The molecule has 0 aromatic rings. The van der Waals surface area contributed by atoms with Gasteiger partial charge in [0.25, 0.3) is 0 Å². The molecule has 0 amide bonds. The lowest BCUT2D eigenvalue weighted by Gasteiger charge is -2.40. The van der Waals surface area contributed by atoms with Gasteiger partial charge < -0.3 is 45.2 Å². The first-order chi connectivity index (χ1) is 12.9. The third-order valence-electron chi connectivity index (χ3n) is 5.38. The van der Waals surface area contributed by atoms with Crippen LogP contribution in [0.4, 0.5) is 0 Å². The van der Waals surface area contributed by atoms with E-state index in [1.165, 1.54) is 6.08 Å². The highest BCUT2D eigenvalue weighted by molar-refractivity contribution is 5.42. The van der Waals surface area contributed by atoms with Gasteiger partial charge >= 0.3 is 0 Å². The van der Waals surface area contributed by atoms with Crippen LogP contribution >= 0.6 is 0 Å². The van der Waals surface area contributed by atoms with Gasteiger partial charge in [0, 0.05) is 16.6 Å². The summed E-state index contributed by atoms with van der Waals surface area (Å²) in [4.78, 5) is 0. The first kappa shape index (κ1) is 23.0. The maximum atomic E-state index is 10.3. The minimum atomic E-state index is -1.54. The minimum Gasteiger partial charge on any atom is -0.509 e. The summed E-state index contributed by atoms with van der Waals surface area (Å²) in [5, 5.41) is 69.1. The molecule has 160 valence electrons. The molecule has 1 saturated heterocycles. The quantitative estimate of drug-likeness (QED) is 0.289. The van der Waals surface area contributed by atoms with Crippen molar-refractivity contribution < 1.29 is 45.2 Å². The van der Waals surface area contributed by atoms with Gasteiger partial charge in [-0.15, -0.1) is 5.73 Å². The highest BCUT2D eigenvalue weighted by Gasteiger charge is 2.45. The predicted octanol–water partition coefficient (Wildman–Crippen LogP) is -1.13. The molecule has 0 aromatic carbocycles. The van der Waals surface area contributed by atoms with E-state index in [4.69, 9.17) is 9.47 Å². The Balaban J connectivity index is 2.23. The van der Waals surface area contributed by atoms with Crippen LogP contribution in [0.3, 0.4) is 0 Å². The zero-order valence-corrected chi connectivity index (χ0v) is 16.4. The average Bonchev–Trinajstić information content (AvgIpc) is 2.65. The fourth-order valence-corrected chi connectivity index (χ4v) is 3.45. The second-order valence-electron chi connectivity index (χ2n) is 7.85. The minimum absolute atomic E-state index is 0.328. The fraction of sp³-hybridized carbons (Fsp3) is 0.737. The number of hydrogen-bond acceptors (Lipinski definition) is 9. The zero-order valence-electron chi connectivity index (χ0n) is 16.4. The Morgan fingerprint density at radius 1 is 1.14 bits per heavy atom. The first-order valence-electron chi connectivity index (χ1n) is 9.13. The molecule has 1 aliphatic heterocycles. The zero-order chi connectivity index (χ0) is 21.4. The van der Waals surface area contributed by atoms with Crippen LogP contribution in [0.1, 0.15) is 27.7 Å². The topological polar surface area (TPSA) is 160 Å². The summed E-state index contributed by atoms with van der Waals surface area (Å²) in [7, 11) is 0. The number of rotatable bonds is 4. The Hall–Kier alpha value is -1.26. The molecule has 7 N–H and O–H groups in total. The highest BCUT2D eigenvalue weighted by Crippen LogP contribution is 2.42. The van der Waals surface area contributed by atoms with Crippen LogP contribution in [0, 0.1) is 5.41 Å². The van der Waals surface area contributed by atoms with E-state index < -0.39 is 61.0 Å². The van der Waals surface area contributed by atoms with Crippen LogP contribution in [0.2, 0.25) is 0 Å². The van der Waals surface area contributed by atoms with E-state index >= 15 is 0 Å². The highest BCUT2D eigenvalue weighted by atomic mass is 16.7. The van der Waals surface area contributed by atoms with Gasteiger partial charge in [-0.1, -0.05) is 13.8 Å². The molecule has 0 radical (unpaired) electrons. The third kappa shape index (κ3) is 4.18. The molecule has 1 aliphatic carbocycles. The molecule has 8 atom stereocenters. The molecule has 0 aromatic heterocycles. The summed E-state index contributed by atoms with van der Waals surface area (Å²) in [6.07, 6.45) is -8.70. The van der Waals surface area contributed by atoms with Gasteiger partial charge in [0.1, 0.15) is 36.3 Å². The third-order valence-corrected chi connectivity index (χ3v) is 5.38. The van der Waals surface area contributed by atoms with Crippen molar-refractivity contribution in [3.05, 3.63) is 28.7 Å². The van der Waals surface area contributed by atoms with Crippen LogP contribution < -0.4 is 0 Å². The van der Waals surface area contributed by atoms with Crippen molar-refractivity contribution in [3.63, 3.8) is 0 Å². The van der Waals surface area contributed by atoms with Crippen molar-refractivity contribution in [2.24, 2.45) is 5.41 Å². The number of ether oxygens (including phenoxy) is 2. The van der Waals surface area contributed by atoms with E-state index in [9.17, 15) is 35.7 Å². The summed E-state index contributed by atoms with van der Waals surface area (Å²) in [6.45, 7) is 6.07. The fourth-order valence-electron chi connectivity index (χ4n) is 3.45. The predicted molar refractivity (Wildman–Crippen MR) is 97.0 cm³/mol. The van der Waals surface area contributed by atoms with Crippen molar-refractivity contribution in [1.29, 1.82) is 0 Å². The van der Waals surface area contributed by atoms with Crippen LogP contribution in [0.25, 0.3) is 0 Å². The molecule has 9 nitrogen and oxygen atoms in total. The maximum Gasteiger partial charge on any atom is 0.187 e. The Kier molecular flexibility index (Phi) is 7.09. The van der Waals surface area contributed by atoms with Gasteiger partial charge in [0.15, 0.2) is 6.29 Å². The molecule has 0 spiro atoms. The lowest BCUT2D eigenvalue weighted by Crippen LogP contribution is -2.59. The smallest absolute Gasteiger partial charge is 0.187 e. The van der Waals surface area contributed by atoms with Crippen LogP contribution in [0.5, 0.6) is 0 Å². The van der Waals surface area contributed by atoms with Gasteiger partial charge in [0.2, 0.25) is 0 Å². The standard InChI is InChI=1S/C19H30O9/c1-8(27-18-16(25)14(23)13(22)11(7-20)28-18)5-6-10-9(2)12(21)15(24)17(26)19(10,3)4/h5,8,11,13-18,20-26H,7H2,1-4H3/t6?,8?,11-,13-,14+,15?,16-,17?,18-/m1/s1. The molecule has 2 rings (SSSR count). The monoisotopic (exact) mass is 402 g/mol. The molecular formula is C19H30O9. The van der Waals surface area contributed by atoms with Crippen molar-refractivity contribution in [2.45, 2.75) is 76.7 Å². The Morgan fingerprint density at radius 2 is 1.75 bits per heavy atom. The second kappa shape index (κ2) is 8.62. The van der Waals surface area contributed by atoms with Gasteiger partial charge in [-0.25, -0.2) is 0 Å². The van der Waals surface area contributed by atoms with E-state index in [-0.39, 0.29) is 5.76 Å². The van der Waals surface area contributed by atoms with E-state index in [0.29, 0.717) is 11.1 Å². The second-order valence-corrected chi connectivity index (χ2v) is 7.85. The first-order valence-corrected chi connectivity index (χ1v) is 9.13. The van der Waals surface area contributed by atoms with Crippen LogP contribution in [0.15, 0.2) is 28.7 Å². The van der Waals surface area contributed by atoms with Crippen molar-refractivity contribution in [3.8, 4) is 0 Å². The van der Waals surface area contributed by atoms with Crippen molar-refractivity contribution in [1.82, 2.24) is 0 Å². The molecule has 0 bridgehead atoms. The van der Waals surface area contributed by atoms with Crippen molar-refractivity contribution >= 4 is 0 Å². The van der Waals surface area contributed by atoms with Gasteiger partial charge in [-0.3, -0.25) is 0 Å². The number of aliphatic hydroxyl groups excluding tert-OH is 7. The van der Waals surface area contributed by atoms with Gasteiger partial charge in [-0.05, 0) is 19.9 Å². The summed E-state index contributed by atoms with van der Waals surface area (Å²) in [6, 6.07) is 0. The molecule has 28 heavy (non-hydrogen) atoms. The molecule has 0 saturated carbocycles. The van der Waals surface area contributed by atoms with Gasteiger partial charge in [0.05, 0.1) is 18.8 Å². The molecule has 2 aliphatic rings. The number of hydrogen-bond donors (Lipinski definition) is 7. The SMILES string of the molecule is CC1=C(O)C(O)C(O)C(C)(C)C1=C=CC(C)O[C@@H]1O[C@H](CO)[C@@H](O)[C@H](O)[C@H]1O. The van der Waals surface area contributed by atoms with Crippen molar-refractivity contribution in [2.75, 3.05) is 6.61 Å². The Bertz CT molecular complexity index is 662. The van der Waals surface area contributed by atoms with Gasteiger partial charge in [-0.2, -0.15) is 0 Å². The number of aliphatic hydroxyl groups is 7. The Labute approximate surface area is 163 Å². The summed E-state index contributed by atoms with van der Waals surface area (Å²) in [5.74, 6) is -0.328. The van der Waals surface area contributed by atoms with E-state index in [0.717, 1.165) is 0 Å². The summed E-state index contributed by atoms with van der Waals surface area (Å²) < 4.78 is 10.8. The molecule has 9 heteroatoms. The van der Waals surface area contributed by atoms with E-state index in [1.807, 2.05) is 0 Å². The normalized spacial score (nSPS) is 39.5. The molecule has 1 fully saturated rings. The van der Waals surface area contributed by atoms with E-state index in [2.05, 4.69) is 5.73 Å². The average molecular weight is 402 g/mol.